The molecule has 1 amide bonds. The van der Waals surface area contributed by atoms with Crippen molar-refractivity contribution in [1.29, 1.82) is 0 Å². The van der Waals surface area contributed by atoms with Crippen LogP contribution >= 0.6 is 0 Å². The van der Waals surface area contributed by atoms with Crippen molar-refractivity contribution in [2.24, 2.45) is 7.05 Å². The molecule has 0 radical (unpaired) electrons. The van der Waals surface area contributed by atoms with E-state index in [2.05, 4.69) is 36.0 Å². The fourth-order valence-electron chi connectivity index (χ4n) is 1.72. The highest BCUT2D eigenvalue weighted by Crippen LogP contribution is 2.19. The third-order valence-electron chi connectivity index (χ3n) is 2.63. The minimum Gasteiger partial charge on any atom is -0.319 e. The zero-order valence-corrected chi connectivity index (χ0v) is 10.5. The van der Waals surface area contributed by atoms with Crippen LogP contribution in [0.3, 0.4) is 0 Å². The molecular formula is C11H10N8O. The van der Waals surface area contributed by atoms with Crippen LogP contribution in [0.5, 0.6) is 0 Å². The number of carbonyl (C=O) groups excluding carboxylic acids is 1. The number of carbonyl (C=O) groups is 1. The van der Waals surface area contributed by atoms with E-state index >= 15 is 0 Å². The molecule has 100 valence electrons. The molecule has 9 heteroatoms. The molecule has 2 aromatic heterocycles. The third kappa shape index (κ3) is 2.23. The number of tetrazole rings is 1. The lowest BCUT2D eigenvalue weighted by molar-refractivity contribution is 0.101. The quantitative estimate of drug-likeness (QED) is 0.705. The molecule has 0 spiro atoms. The molecule has 0 bridgehead atoms. The third-order valence-corrected chi connectivity index (χ3v) is 2.63. The number of aromatic nitrogens is 7. The number of amides is 1. The average molecular weight is 270 g/mol. The number of rotatable bonds is 3. The maximum absolute atomic E-state index is 11.8. The van der Waals surface area contributed by atoms with Crippen molar-refractivity contribution in [1.82, 2.24) is 35.4 Å². The second-order valence-electron chi connectivity index (χ2n) is 4.00. The Labute approximate surface area is 113 Å². The minimum absolute atomic E-state index is 0.149. The monoisotopic (exact) mass is 270 g/mol. The molecule has 2 N–H and O–H groups in total. The summed E-state index contributed by atoms with van der Waals surface area (Å²) in [5.41, 5.74) is 1.42. The number of benzene rings is 1. The van der Waals surface area contributed by atoms with Gasteiger partial charge in [0.15, 0.2) is 5.82 Å². The zero-order chi connectivity index (χ0) is 13.9. The highest BCUT2D eigenvalue weighted by Gasteiger charge is 2.11. The fourth-order valence-corrected chi connectivity index (χ4v) is 1.72. The minimum atomic E-state index is -0.365. The van der Waals surface area contributed by atoms with Crippen LogP contribution in [0.2, 0.25) is 0 Å². The van der Waals surface area contributed by atoms with Crippen LogP contribution in [-0.2, 0) is 7.05 Å². The molecule has 2 heterocycles. The Bertz CT molecular complexity index is 732. The van der Waals surface area contributed by atoms with Gasteiger partial charge in [-0.2, -0.15) is 5.10 Å². The Kier molecular flexibility index (Phi) is 2.92. The Morgan fingerprint density at radius 3 is 3.00 bits per heavy atom. The molecule has 0 aliphatic heterocycles. The van der Waals surface area contributed by atoms with Gasteiger partial charge in [-0.25, -0.2) is 9.67 Å². The molecule has 0 unspecified atom stereocenters. The standard InChI is InChI=1S/C11H10N8O/c1-19-10(16-17-18-19)7-3-2-4-8(5-7)14-11(20)9-12-6-13-15-9/h2-6H,1H3,(H,14,20)(H,12,13,15). The maximum Gasteiger partial charge on any atom is 0.292 e. The number of nitrogens with zero attached hydrogens (tertiary/aromatic N) is 6. The maximum atomic E-state index is 11.8. The first-order valence-corrected chi connectivity index (χ1v) is 5.73. The normalized spacial score (nSPS) is 10.4. The summed E-state index contributed by atoms with van der Waals surface area (Å²) in [7, 11) is 1.75. The van der Waals surface area contributed by atoms with E-state index in [0.29, 0.717) is 11.5 Å². The summed E-state index contributed by atoms with van der Waals surface area (Å²) in [6.45, 7) is 0. The molecule has 0 saturated carbocycles. The van der Waals surface area contributed by atoms with Gasteiger partial charge in [-0.05, 0) is 22.6 Å². The predicted octanol–water partition coefficient (Wildman–Crippen LogP) is 0.247. The summed E-state index contributed by atoms with van der Waals surface area (Å²) < 4.78 is 1.55. The molecule has 0 aliphatic rings. The number of aryl methyl sites for hydroxylation is 1. The molecule has 0 saturated heterocycles. The van der Waals surface area contributed by atoms with Crippen LogP contribution in [0.25, 0.3) is 11.4 Å². The highest BCUT2D eigenvalue weighted by atomic mass is 16.2. The van der Waals surface area contributed by atoms with Crippen LogP contribution in [0.15, 0.2) is 30.6 Å². The van der Waals surface area contributed by atoms with Gasteiger partial charge in [-0.3, -0.25) is 9.89 Å². The number of hydrogen-bond acceptors (Lipinski definition) is 6. The SMILES string of the molecule is Cn1nnnc1-c1cccc(NC(=O)c2ncn[nH]2)c1. The van der Waals surface area contributed by atoms with Crippen molar-refractivity contribution in [2.45, 2.75) is 0 Å². The summed E-state index contributed by atoms with van der Waals surface area (Å²) in [4.78, 5) is 15.6. The first-order chi connectivity index (χ1) is 9.74. The summed E-state index contributed by atoms with van der Waals surface area (Å²) in [6.07, 6.45) is 1.27. The molecule has 0 atom stereocenters. The first kappa shape index (κ1) is 12.0. The molecule has 1 aromatic carbocycles. The van der Waals surface area contributed by atoms with Gasteiger partial charge in [0.05, 0.1) is 0 Å². The second kappa shape index (κ2) is 4.88. The first-order valence-electron chi connectivity index (χ1n) is 5.73. The Hall–Kier alpha value is -3.10. The van der Waals surface area contributed by atoms with Gasteiger partial charge < -0.3 is 5.32 Å². The number of hydrogen-bond donors (Lipinski definition) is 2. The van der Waals surface area contributed by atoms with Gasteiger partial charge >= 0.3 is 0 Å². The topological polar surface area (TPSA) is 114 Å². The van der Waals surface area contributed by atoms with Crippen molar-refractivity contribution >= 4 is 11.6 Å². The summed E-state index contributed by atoms with van der Waals surface area (Å²) in [6, 6.07) is 7.21. The summed E-state index contributed by atoms with van der Waals surface area (Å²) >= 11 is 0. The van der Waals surface area contributed by atoms with E-state index in [1.165, 1.54) is 6.33 Å². The lowest BCUT2D eigenvalue weighted by atomic mass is 10.2. The number of aromatic amines is 1. The lowest BCUT2D eigenvalue weighted by Gasteiger charge is -2.05. The van der Waals surface area contributed by atoms with E-state index in [4.69, 9.17) is 0 Å². The number of anilines is 1. The fraction of sp³-hybridized carbons (Fsp3) is 0.0909. The Balaban J connectivity index is 1.85. The largest absolute Gasteiger partial charge is 0.319 e. The van der Waals surface area contributed by atoms with Crippen molar-refractivity contribution in [3.05, 3.63) is 36.4 Å². The molecule has 3 rings (SSSR count). The van der Waals surface area contributed by atoms with Crippen molar-refractivity contribution < 1.29 is 4.79 Å². The summed E-state index contributed by atoms with van der Waals surface area (Å²) in [5, 5.41) is 20.1. The van der Waals surface area contributed by atoms with E-state index in [9.17, 15) is 4.79 Å². The Morgan fingerprint density at radius 1 is 1.40 bits per heavy atom. The van der Waals surface area contributed by atoms with E-state index < -0.39 is 0 Å². The van der Waals surface area contributed by atoms with Gasteiger partial charge in [0, 0.05) is 18.3 Å². The molecule has 3 aromatic rings. The lowest BCUT2D eigenvalue weighted by Crippen LogP contribution is -2.13. The van der Waals surface area contributed by atoms with Gasteiger partial charge in [0.25, 0.3) is 5.91 Å². The van der Waals surface area contributed by atoms with E-state index in [1.54, 1.807) is 29.9 Å². The van der Waals surface area contributed by atoms with E-state index in [-0.39, 0.29) is 11.7 Å². The van der Waals surface area contributed by atoms with Crippen LogP contribution in [0, 0.1) is 0 Å². The smallest absolute Gasteiger partial charge is 0.292 e. The second-order valence-corrected chi connectivity index (χ2v) is 4.00. The van der Waals surface area contributed by atoms with Crippen molar-refractivity contribution in [2.75, 3.05) is 5.32 Å². The van der Waals surface area contributed by atoms with Crippen LogP contribution in [-0.4, -0.2) is 41.3 Å². The van der Waals surface area contributed by atoms with E-state index in [0.717, 1.165) is 5.56 Å². The van der Waals surface area contributed by atoms with Crippen LogP contribution in [0.1, 0.15) is 10.6 Å². The molecule has 20 heavy (non-hydrogen) atoms. The molecule has 9 nitrogen and oxygen atoms in total. The molecule has 0 fully saturated rings. The summed E-state index contributed by atoms with van der Waals surface area (Å²) in [5.74, 6) is 0.396. The molecular weight excluding hydrogens is 260 g/mol. The Morgan fingerprint density at radius 2 is 2.30 bits per heavy atom. The average Bonchev–Trinajstić information content (AvgIpc) is 3.10. The van der Waals surface area contributed by atoms with Crippen LogP contribution in [0.4, 0.5) is 5.69 Å². The van der Waals surface area contributed by atoms with Gasteiger partial charge in [-0.1, -0.05) is 12.1 Å². The van der Waals surface area contributed by atoms with Gasteiger partial charge in [-0.15, -0.1) is 5.10 Å². The van der Waals surface area contributed by atoms with Gasteiger partial charge in [0.2, 0.25) is 5.82 Å². The molecule has 0 aliphatic carbocycles. The van der Waals surface area contributed by atoms with Crippen molar-refractivity contribution in [3.63, 3.8) is 0 Å². The van der Waals surface area contributed by atoms with Crippen molar-refractivity contribution in [3.8, 4) is 11.4 Å². The van der Waals surface area contributed by atoms with E-state index in [1.807, 2.05) is 6.07 Å². The van der Waals surface area contributed by atoms with Crippen LogP contribution < -0.4 is 5.32 Å². The predicted molar refractivity (Wildman–Crippen MR) is 68.6 cm³/mol. The number of nitrogens with one attached hydrogen (secondary N) is 2. The number of H-pyrrole nitrogens is 1. The van der Waals surface area contributed by atoms with Gasteiger partial charge in [0.1, 0.15) is 6.33 Å². The zero-order valence-electron chi connectivity index (χ0n) is 10.5. The highest BCUT2D eigenvalue weighted by molar-refractivity contribution is 6.01.